The molecule has 0 atom stereocenters. The number of halogens is 2. The lowest BCUT2D eigenvalue weighted by atomic mass is 10.2. The van der Waals surface area contributed by atoms with E-state index >= 15 is 0 Å². The number of phosphoric acid groups is 1. The van der Waals surface area contributed by atoms with Gasteiger partial charge in [0.1, 0.15) is 0 Å². The fourth-order valence-electron chi connectivity index (χ4n) is 1.63. The van der Waals surface area contributed by atoms with Gasteiger partial charge in [0.05, 0.1) is 10.7 Å². The Labute approximate surface area is 135 Å². The average Bonchev–Trinajstić information content (AvgIpc) is 2.80. The van der Waals surface area contributed by atoms with E-state index in [9.17, 15) is 13.8 Å². The Morgan fingerprint density at radius 3 is 2.78 bits per heavy atom. The Hall–Kier alpha value is -1.77. The summed E-state index contributed by atoms with van der Waals surface area (Å²) in [6.45, 7) is 0.990. The molecular weight excluding hydrogens is 352 g/mol. The molecule has 0 bridgehead atoms. The number of rotatable bonds is 5. The Bertz CT molecular complexity index is 791. The van der Waals surface area contributed by atoms with Crippen molar-refractivity contribution < 1.29 is 28.1 Å². The molecule has 0 unspecified atom stereocenters. The molecule has 0 saturated carbocycles. The fraction of sp³-hybridized carbons (Fsp3) is 0.167. The molecule has 8 nitrogen and oxygen atoms in total. The molecule has 2 rings (SSSR count). The molecule has 0 spiro atoms. The molecule has 0 saturated heterocycles. The minimum atomic E-state index is -4.78. The van der Waals surface area contributed by atoms with Crippen LogP contribution in [-0.2, 0) is 15.8 Å². The van der Waals surface area contributed by atoms with Gasteiger partial charge >= 0.3 is 7.82 Å². The van der Waals surface area contributed by atoms with Gasteiger partial charge in [-0.2, -0.15) is 9.49 Å². The summed E-state index contributed by atoms with van der Waals surface area (Å²) in [5.41, 5.74) is 0.926. The second kappa shape index (κ2) is 6.77. The van der Waals surface area contributed by atoms with E-state index in [0.29, 0.717) is 15.4 Å². The van der Waals surface area contributed by atoms with Crippen LogP contribution in [0, 0.1) is 12.9 Å². The van der Waals surface area contributed by atoms with Crippen molar-refractivity contribution in [3.8, 4) is 0 Å². The second-order valence-corrected chi connectivity index (χ2v) is 6.18. The monoisotopic (exact) mass is 363 g/mol. The first kappa shape index (κ1) is 17.6. The van der Waals surface area contributed by atoms with Gasteiger partial charge in [-0.15, -0.1) is 0 Å². The first-order chi connectivity index (χ1) is 10.7. The molecule has 0 radical (unpaired) electrons. The summed E-state index contributed by atoms with van der Waals surface area (Å²) in [5, 5.41) is 6.34. The molecule has 1 aromatic carbocycles. The number of nitrogens with zero attached hydrogens (tertiary/aromatic N) is 2. The summed E-state index contributed by atoms with van der Waals surface area (Å²) in [5.74, 6) is -1.72. The van der Waals surface area contributed by atoms with E-state index in [0.717, 1.165) is 11.6 Å². The highest BCUT2D eigenvalue weighted by atomic mass is 35.5. The quantitative estimate of drug-likeness (QED) is 0.702. The van der Waals surface area contributed by atoms with Crippen molar-refractivity contribution in [3.05, 3.63) is 46.5 Å². The second-order valence-electron chi connectivity index (χ2n) is 4.54. The van der Waals surface area contributed by atoms with Gasteiger partial charge in [0.2, 0.25) is 5.95 Å². The van der Waals surface area contributed by atoms with Crippen LogP contribution in [0.25, 0.3) is 0 Å². The summed E-state index contributed by atoms with van der Waals surface area (Å²) < 4.78 is 28.8. The molecule has 23 heavy (non-hydrogen) atoms. The normalized spacial score (nSPS) is 11.5. The molecule has 1 aromatic heterocycles. The number of nitrogens with one attached hydrogen (secondary N) is 1. The van der Waals surface area contributed by atoms with Crippen LogP contribution in [-0.4, -0.2) is 25.5 Å². The van der Waals surface area contributed by atoms with E-state index in [2.05, 4.69) is 14.9 Å². The Kier molecular flexibility index (Phi) is 5.18. The highest BCUT2D eigenvalue weighted by Gasteiger charge is 2.19. The zero-order chi connectivity index (χ0) is 17.2. The lowest BCUT2D eigenvalue weighted by molar-refractivity contribution is 0.101. The number of hydrogen-bond acceptors (Lipinski definition) is 4. The van der Waals surface area contributed by atoms with Crippen LogP contribution in [0.15, 0.2) is 24.3 Å². The Balaban J connectivity index is 2.12. The average molecular weight is 364 g/mol. The van der Waals surface area contributed by atoms with Crippen molar-refractivity contribution in [1.29, 1.82) is 0 Å². The lowest BCUT2D eigenvalue weighted by Crippen LogP contribution is -2.14. The zero-order valence-corrected chi connectivity index (χ0v) is 13.4. The number of amides is 1. The summed E-state index contributed by atoms with van der Waals surface area (Å²) in [4.78, 5) is 29.1. The van der Waals surface area contributed by atoms with Crippen LogP contribution in [0.4, 0.5) is 10.1 Å². The van der Waals surface area contributed by atoms with Gasteiger partial charge in [-0.3, -0.25) is 9.32 Å². The molecule has 0 fully saturated rings. The predicted molar refractivity (Wildman–Crippen MR) is 79.5 cm³/mol. The SMILES string of the molecule is Cc1ccc(NC(=O)c2cc(F)n(COP(=O)(O)O)n2)c(Cl)c1. The molecule has 124 valence electrons. The largest absolute Gasteiger partial charge is 0.471 e. The third kappa shape index (κ3) is 4.85. The molecule has 2 aromatic rings. The fourth-order valence-corrected chi connectivity index (χ4v) is 2.18. The number of aromatic nitrogens is 2. The van der Waals surface area contributed by atoms with Crippen LogP contribution in [0.1, 0.15) is 16.1 Å². The van der Waals surface area contributed by atoms with Crippen molar-refractivity contribution in [2.24, 2.45) is 0 Å². The van der Waals surface area contributed by atoms with Gasteiger partial charge in [-0.05, 0) is 24.6 Å². The van der Waals surface area contributed by atoms with Crippen LogP contribution < -0.4 is 5.32 Å². The highest BCUT2D eigenvalue weighted by molar-refractivity contribution is 7.46. The van der Waals surface area contributed by atoms with E-state index in [1.807, 2.05) is 6.92 Å². The molecule has 11 heteroatoms. The zero-order valence-electron chi connectivity index (χ0n) is 11.7. The summed E-state index contributed by atoms with van der Waals surface area (Å²) in [7, 11) is -4.78. The first-order valence-electron chi connectivity index (χ1n) is 6.16. The highest BCUT2D eigenvalue weighted by Crippen LogP contribution is 2.36. The van der Waals surface area contributed by atoms with E-state index in [1.54, 1.807) is 18.2 Å². The maximum atomic E-state index is 13.6. The summed E-state index contributed by atoms with van der Waals surface area (Å²) in [6, 6.07) is 5.76. The summed E-state index contributed by atoms with van der Waals surface area (Å²) in [6.07, 6.45) is 0. The van der Waals surface area contributed by atoms with Crippen molar-refractivity contribution in [2.75, 3.05) is 5.32 Å². The van der Waals surface area contributed by atoms with Crippen molar-refractivity contribution >= 4 is 31.0 Å². The van der Waals surface area contributed by atoms with Gasteiger partial charge < -0.3 is 15.1 Å². The van der Waals surface area contributed by atoms with Crippen LogP contribution in [0.2, 0.25) is 5.02 Å². The van der Waals surface area contributed by atoms with Crippen molar-refractivity contribution in [1.82, 2.24) is 9.78 Å². The van der Waals surface area contributed by atoms with E-state index in [4.69, 9.17) is 21.4 Å². The van der Waals surface area contributed by atoms with Crippen molar-refractivity contribution in [3.63, 3.8) is 0 Å². The summed E-state index contributed by atoms with van der Waals surface area (Å²) >= 11 is 5.98. The first-order valence-corrected chi connectivity index (χ1v) is 8.07. The molecule has 3 N–H and O–H groups in total. The number of aryl methyl sites for hydroxylation is 1. The van der Waals surface area contributed by atoms with Gasteiger partial charge in [-0.25, -0.2) is 9.25 Å². The number of hydrogen-bond donors (Lipinski definition) is 3. The molecule has 1 amide bonds. The molecule has 0 aliphatic heterocycles. The number of anilines is 1. The van der Waals surface area contributed by atoms with Gasteiger partial charge in [0.15, 0.2) is 12.4 Å². The number of benzene rings is 1. The number of phosphoric ester groups is 1. The van der Waals surface area contributed by atoms with Gasteiger partial charge in [0, 0.05) is 6.07 Å². The third-order valence-electron chi connectivity index (χ3n) is 2.68. The van der Waals surface area contributed by atoms with E-state index in [1.165, 1.54) is 0 Å². The molecule has 0 aliphatic carbocycles. The van der Waals surface area contributed by atoms with Crippen LogP contribution in [0.5, 0.6) is 0 Å². The Morgan fingerprint density at radius 2 is 2.17 bits per heavy atom. The molecule has 0 aliphatic rings. The van der Waals surface area contributed by atoms with E-state index in [-0.39, 0.29) is 5.69 Å². The third-order valence-corrected chi connectivity index (χ3v) is 3.45. The van der Waals surface area contributed by atoms with E-state index < -0.39 is 26.4 Å². The minimum Gasteiger partial charge on any atom is -0.319 e. The topological polar surface area (TPSA) is 114 Å². The maximum absolute atomic E-state index is 13.6. The van der Waals surface area contributed by atoms with Crippen molar-refractivity contribution in [2.45, 2.75) is 13.7 Å². The maximum Gasteiger partial charge on any atom is 0.471 e. The number of carbonyl (C=O) groups excluding carboxylic acids is 1. The molecule has 1 heterocycles. The van der Waals surface area contributed by atoms with Crippen LogP contribution >= 0.6 is 19.4 Å². The molecular formula is C12H12ClFN3O5P. The number of carbonyl (C=O) groups is 1. The standard InChI is InChI=1S/C12H12ClFN3O5P/c1-7-2-3-9(8(13)4-7)15-12(18)10-5-11(14)17(16-10)6-22-23(19,20)21/h2-5H,6H2,1H3,(H,15,18)(H2,19,20,21). The smallest absolute Gasteiger partial charge is 0.319 e. The minimum absolute atomic E-state index is 0.298. The lowest BCUT2D eigenvalue weighted by Gasteiger charge is -2.06. The Morgan fingerprint density at radius 1 is 1.48 bits per heavy atom. The van der Waals surface area contributed by atoms with Crippen LogP contribution in [0.3, 0.4) is 0 Å². The predicted octanol–water partition coefficient (Wildman–Crippen LogP) is 2.30. The van der Waals surface area contributed by atoms with Gasteiger partial charge in [0.25, 0.3) is 5.91 Å². The van der Waals surface area contributed by atoms with Gasteiger partial charge in [-0.1, -0.05) is 17.7 Å².